The van der Waals surface area contributed by atoms with Gasteiger partial charge in [0, 0.05) is 18.8 Å². The molecule has 0 radical (unpaired) electrons. The van der Waals surface area contributed by atoms with Crippen LogP contribution in [0.1, 0.15) is 57.1 Å². The first-order chi connectivity index (χ1) is 12.1. The fraction of sp³-hybridized carbons (Fsp3) is 0.591. The molecule has 0 aliphatic heterocycles. The van der Waals surface area contributed by atoms with Crippen molar-refractivity contribution in [1.29, 1.82) is 5.26 Å². The molecule has 1 spiro atoms. The van der Waals surface area contributed by atoms with Crippen molar-refractivity contribution >= 4 is 5.69 Å². The highest BCUT2D eigenvalue weighted by Gasteiger charge is 2.52. The van der Waals surface area contributed by atoms with Crippen LogP contribution in [0.3, 0.4) is 0 Å². The number of ether oxygens (including phenoxy) is 1. The van der Waals surface area contributed by atoms with E-state index in [0.717, 1.165) is 24.4 Å². The van der Waals surface area contributed by atoms with Crippen LogP contribution in [0.25, 0.3) is 0 Å². The number of nitrogens with zero attached hydrogens (tertiary/aromatic N) is 2. The number of rotatable bonds is 6. The summed E-state index contributed by atoms with van der Waals surface area (Å²) in [5.74, 6) is 0.666. The summed E-state index contributed by atoms with van der Waals surface area (Å²) in [5.41, 5.74) is 3.66. The van der Waals surface area contributed by atoms with Crippen molar-refractivity contribution in [3.8, 4) is 6.07 Å². The molecule has 0 amide bonds. The topological polar surface area (TPSA) is 36.3 Å². The van der Waals surface area contributed by atoms with Gasteiger partial charge in [-0.2, -0.15) is 5.26 Å². The minimum Gasteiger partial charge on any atom is -0.378 e. The van der Waals surface area contributed by atoms with Crippen LogP contribution in [0, 0.1) is 29.6 Å². The molecular weight excluding hydrogens is 308 g/mol. The van der Waals surface area contributed by atoms with Gasteiger partial charge < -0.3 is 9.64 Å². The number of anilines is 1. The van der Waals surface area contributed by atoms with Crippen LogP contribution >= 0.6 is 0 Å². The Morgan fingerprint density at radius 3 is 2.80 bits per heavy atom. The minimum absolute atomic E-state index is 0.417. The van der Waals surface area contributed by atoms with E-state index in [1.165, 1.54) is 37.7 Å². The lowest BCUT2D eigenvalue weighted by Crippen LogP contribution is -2.38. The minimum atomic E-state index is 0.417. The second-order valence-corrected chi connectivity index (χ2v) is 7.66. The average Bonchev–Trinajstić information content (AvgIpc) is 3.39. The molecule has 2 aliphatic carbocycles. The smallest absolute Gasteiger partial charge is 0.0992 e. The Kier molecular flexibility index (Phi) is 5.49. The summed E-state index contributed by atoms with van der Waals surface area (Å²) < 4.78 is 5.96. The maximum absolute atomic E-state index is 9.27. The molecule has 0 bridgehead atoms. The molecule has 0 heterocycles. The van der Waals surface area contributed by atoms with Gasteiger partial charge in [-0.15, -0.1) is 0 Å². The lowest BCUT2D eigenvalue weighted by Gasteiger charge is -2.39. The Morgan fingerprint density at radius 2 is 2.16 bits per heavy atom. The van der Waals surface area contributed by atoms with Crippen molar-refractivity contribution in [2.75, 3.05) is 18.1 Å². The molecule has 0 aromatic heterocycles. The van der Waals surface area contributed by atoms with Gasteiger partial charge in [-0.05, 0) is 88.1 Å². The number of nitriles is 1. The molecule has 3 rings (SSSR count). The van der Waals surface area contributed by atoms with Crippen molar-refractivity contribution in [1.82, 2.24) is 0 Å². The van der Waals surface area contributed by atoms with Crippen LogP contribution in [0.4, 0.5) is 5.69 Å². The third kappa shape index (κ3) is 3.90. The summed E-state index contributed by atoms with van der Waals surface area (Å²) in [6.45, 7) is 8.12. The van der Waals surface area contributed by atoms with Gasteiger partial charge in [0.25, 0.3) is 0 Å². The fourth-order valence-electron chi connectivity index (χ4n) is 4.46. The molecule has 2 unspecified atom stereocenters. The first-order valence-electron chi connectivity index (χ1n) is 9.63. The number of hydrogen-bond donors (Lipinski definition) is 0. The van der Waals surface area contributed by atoms with Crippen molar-refractivity contribution in [2.45, 2.75) is 59.0 Å². The molecule has 2 atom stereocenters. The highest BCUT2D eigenvalue weighted by atomic mass is 16.5. The molecule has 2 fully saturated rings. The quantitative estimate of drug-likeness (QED) is 0.716. The van der Waals surface area contributed by atoms with Crippen LogP contribution in [-0.4, -0.2) is 19.3 Å². The largest absolute Gasteiger partial charge is 0.378 e. The zero-order valence-electron chi connectivity index (χ0n) is 15.8. The first-order valence-corrected chi connectivity index (χ1v) is 9.63. The summed E-state index contributed by atoms with van der Waals surface area (Å²) in [6, 6.07) is 8.26. The van der Waals surface area contributed by atoms with Gasteiger partial charge in [-0.1, -0.05) is 12.1 Å². The predicted octanol–water partition coefficient (Wildman–Crippen LogP) is 5.19. The summed E-state index contributed by atoms with van der Waals surface area (Å²) in [6.07, 6.45) is 11.1. The van der Waals surface area contributed by atoms with E-state index < -0.39 is 0 Å². The standard InChI is InChI=1S/C22H30N2O/c1-4-12-24(21-13-18(15-23)7-6-17(21)3)16-19-14-20(25-5-2)8-9-22(19)10-11-22/h4,6-7,12-13,19-20H,5,8-11,14,16H2,1-3H3/b12-4-. The maximum Gasteiger partial charge on any atom is 0.0992 e. The van der Waals surface area contributed by atoms with E-state index in [1.807, 2.05) is 12.1 Å². The summed E-state index contributed by atoms with van der Waals surface area (Å²) >= 11 is 0. The van der Waals surface area contributed by atoms with Gasteiger partial charge in [0.15, 0.2) is 0 Å². The Bertz CT molecular complexity index is 669. The van der Waals surface area contributed by atoms with Crippen LogP contribution < -0.4 is 4.90 Å². The highest BCUT2D eigenvalue weighted by Crippen LogP contribution is 2.60. The normalized spacial score (nSPS) is 24.4. The van der Waals surface area contributed by atoms with Crippen molar-refractivity contribution in [2.24, 2.45) is 11.3 Å². The molecule has 2 saturated carbocycles. The molecule has 1 aromatic carbocycles. The van der Waals surface area contributed by atoms with E-state index in [9.17, 15) is 5.26 Å². The Hall–Kier alpha value is -1.79. The number of benzene rings is 1. The van der Waals surface area contributed by atoms with Gasteiger partial charge in [-0.3, -0.25) is 0 Å². The Balaban J connectivity index is 1.83. The van der Waals surface area contributed by atoms with Gasteiger partial charge in [0.2, 0.25) is 0 Å². The summed E-state index contributed by atoms with van der Waals surface area (Å²) in [7, 11) is 0. The molecule has 1 aromatic rings. The lowest BCUT2D eigenvalue weighted by molar-refractivity contribution is -0.00114. The lowest BCUT2D eigenvalue weighted by atomic mass is 9.74. The van der Waals surface area contributed by atoms with Crippen LogP contribution in [-0.2, 0) is 4.74 Å². The van der Waals surface area contributed by atoms with E-state index in [1.54, 1.807) is 0 Å². The highest BCUT2D eigenvalue weighted by molar-refractivity contribution is 5.59. The first kappa shape index (κ1) is 18.0. The summed E-state index contributed by atoms with van der Waals surface area (Å²) in [5, 5.41) is 9.27. The SMILES string of the molecule is C/C=C\N(CC1CC(OCC)CCC12CC2)c1cc(C#N)ccc1C. The third-order valence-electron chi connectivity index (χ3n) is 6.07. The molecule has 3 nitrogen and oxygen atoms in total. The second-order valence-electron chi connectivity index (χ2n) is 7.66. The summed E-state index contributed by atoms with van der Waals surface area (Å²) in [4.78, 5) is 2.36. The van der Waals surface area contributed by atoms with Gasteiger partial charge >= 0.3 is 0 Å². The molecule has 3 heteroatoms. The van der Waals surface area contributed by atoms with Crippen molar-refractivity contribution < 1.29 is 4.74 Å². The Morgan fingerprint density at radius 1 is 1.36 bits per heavy atom. The van der Waals surface area contributed by atoms with E-state index in [4.69, 9.17) is 4.74 Å². The predicted molar refractivity (Wildman–Crippen MR) is 102 cm³/mol. The fourth-order valence-corrected chi connectivity index (χ4v) is 4.46. The second kappa shape index (κ2) is 7.62. The van der Waals surface area contributed by atoms with E-state index in [-0.39, 0.29) is 0 Å². The van der Waals surface area contributed by atoms with Crippen molar-refractivity contribution in [3.05, 3.63) is 41.6 Å². The maximum atomic E-state index is 9.27. The van der Waals surface area contributed by atoms with E-state index >= 15 is 0 Å². The van der Waals surface area contributed by atoms with Gasteiger partial charge in [0.1, 0.15) is 0 Å². The van der Waals surface area contributed by atoms with Gasteiger partial charge in [0.05, 0.1) is 17.7 Å². The molecular formula is C22H30N2O. The number of allylic oxidation sites excluding steroid dienone is 1. The third-order valence-corrected chi connectivity index (χ3v) is 6.07. The Labute approximate surface area is 152 Å². The van der Waals surface area contributed by atoms with Crippen LogP contribution in [0.2, 0.25) is 0 Å². The molecule has 0 saturated heterocycles. The monoisotopic (exact) mass is 338 g/mol. The van der Waals surface area contributed by atoms with Crippen LogP contribution in [0.5, 0.6) is 0 Å². The van der Waals surface area contributed by atoms with E-state index in [0.29, 0.717) is 17.4 Å². The zero-order chi connectivity index (χ0) is 17.9. The molecule has 0 N–H and O–H groups in total. The number of hydrogen-bond acceptors (Lipinski definition) is 3. The molecule has 134 valence electrons. The average molecular weight is 338 g/mol. The zero-order valence-corrected chi connectivity index (χ0v) is 15.8. The number of aryl methyl sites for hydroxylation is 1. The molecule has 25 heavy (non-hydrogen) atoms. The molecule has 2 aliphatic rings. The van der Waals surface area contributed by atoms with E-state index in [2.05, 4.69) is 50.1 Å². The van der Waals surface area contributed by atoms with Crippen molar-refractivity contribution in [3.63, 3.8) is 0 Å². The van der Waals surface area contributed by atoms with Crippen LogP contribution in [0.15, 0.2) is 30.5 Å². The van der Waals surface area contributed by atoms with Gasteiger partial charge in [-0.25, -0.2) is 0 Å².